The van der Waals surface area contributed by atoms with E-state index in [0.717, 1.165) is 24.5 Å². The average Bonchev–Trinajstić information content (AvgIpc) is 2.89. The van der Waals surface area contributed by atoms with E-state index in [1.807, 2.05) is 4.90 Å². The minimum absolute atomic E-state index is 0.0714. The van der Waals surface area contributed by atoms with Gasteiger partial charge in [-0.05, 0) is 5.41 Å². The minimum atomic E-state index is -0.186. The van der Waals surface area contributed by atoms with Gasteiger partial charge in [-0.25, -0.2) is 4.98 Å². The van der Waals surface area contributed by atoms with Crippen LogP contribution in [0, 0.1) is 12.5 Å². The number of terminal acetylenes is 1. The zero-order chi connectivity index (χ0) is 16.8. The van der Waals surface area contributed by atoms with Crippen LogP contribution in [-0.2, 0) is 10.2 Å². The van der Waals surface area contributed by atoms with Gasteiger partial charge in [0, 0.05) is 32.2 Å². The van der Waals surface area contributed by atoms with E-state index >= 15 is 0 Å². The summed E-state index contributed by atoms with van der Waals surface area (Å²) in [7, 11) is 0. The Labute approximate surface area is 146 Å². The second-order valence-corrected chi connectivity index (χ2v) is 8.32. The number of rotatable bonds is 1. The smallest absolute Gasteiger partial charge is 0.248 e. The van der Waals surface area contributed by atoms with Gasteiger partial charge in [0.15, 0.2) is 5.13 Å². The summed E-state index contributed by atoms with van der Waals surface area (Å²) >= 11 is 7.81. The highest BCUT2D eigenvalue weighted by Gasteiger charge is 2.40. The standard InChI is InChI=1S/C16H21ClN4OS/c1-5-19-6-7-20-8-9-21(14(22)11(20)10-19)15-18-13(17)12(23-15)16(2,3)4/h1,11H,6-10H2,2-4H3/t11-/m1/s1. The van der Waals surface area contributed by atoms with Crippen molar-refractivity contribution in [3.8, 4) is 12.5 Å². The van der Waals surface area contributed by atoms with Crippen LogP contribution in [-0.4, -0.2) is 59.5 Å². The van der Waals surface area contributed by atoms with Crippen LogP contribution in [0.15, 0.2) is 0 Å². The van der Waals surface area contributed by atoms with E-state index in [1.54, 1.807) is 4.90 Å². The van der Waals surface area contributed by atoms with Crippen LogP contribution in [0.25, 0.3) is 0 Å². The Morgan fingerprint density at radius 1 is 1.30 bits per heavy atom. The number of amides is 1. The van der Waals surface area contributed by atoms with Crippen molar-refractivity contribution < 1.29 is 4.79 Å². The molecule has 2 aliphatic heterocycles. The van der Waals surface area contributed by atoms with Gasteiger partial charge < -0.3 is 4.90 Å². The topological polar surface area (TPSA) is 39.7 Å². The van der Waals surface area contributed by atoms with Crippen LogP contribution in [0.2, 0.25) is 5.15 Å². The summed E-state index contributed by atoms with van der Waals surface area (Å²) in [5.74, 6) is 0.0714. The zero-order valence-electron chi connectivity index (χ0n) is 13.7. The molecule has 0 aromatic carbocycles. The third-order valence-corrected chi connectivity index (χ3v) is 6.21. The van der Waals surface area contributed by atoms with Crippen molar-refractivity contribution in [1.82, 2.24) is 14.8 Å². The Bertz CT molecular complexity index is 660. The van der Waals surface area contributed by atoms with Gasteiger partial charge in [0.25, 0.3) is 0 Å². The normalized spacial score (nSPS) is 22.9. The molecule has 124 valence electrons. The third-order valence-electron chi connectivity index (χ3n) is 4.32. The minimum Gasteiger partial charge on any atom is -0.329 e. The van der Waals surface area contributed by atoms with Crippen molar-refractivity contribution in [2.45, 2.75) is 32.2 Å². The molecule has 23 heavy (non-hydrogen) atoms. The number of carbonyl (C=O) groups excluding carboxylic acids is 1. The second kappa shape index (κ2) is 5.97. The van der Waals surface area contributed by atoms with Crippen LogP contribution in [0.5, 0.6) is 0 Å². The fraction of sp³-hybridized carbons (Fsp3) is 0.625. The van der Waals surface area contributed by atoms with Crippen molar-refractivity contribution in [3.05, 3.63) is 10.0 Å². The van der Waals surface area contributed by atoms with E-state index in [2.05, 4.69) is 36.7 Å². The molecule has 0 N–H and O–H groups in total. The number of hydrogen-bond donors (Lipinski definition) is 0. The molecule has 5 nitrogen and oxygen atoms in total. The zero-order valence-corrected chi connectivity index (χ0v) is 15.2. The molecule has 0 aliphatic carbocycles. The lowest BCUT2D eigenvalue weighted by atomic mass is 9.95. The van der Waals surface area contributed by atoms with E-state index < -0.39 is 0 Å². The Kier molecular flexibility index (Phi) is 4.30. The van der Waals surface area contributed by atoms with Crippen molar-refractivity contribution in [2.75, 3.05) is 37.6 Å². The molecule has 3 heterocycles. The largest absolute Gasteiger partial charge is 0.329 e. The quantitative estimate of drug-likeness (QED) is 0.725. The Balaban J connectivity index is 1.85. The molecule has 2 saturated heterocycles. The predicted molar refractivity (Wildman–Crippen MR) is 93.9 cm³/mol. The molecule has 7 heteroatoms. The lowest BCUT2D eigenvalue weighted by Gasteiger charge is -2.44. The number of aromatic nitrogens is 1. The lowest BCUT2D eigenvalue weighted by molar-refractivity contribution is -0.127. The number of anilines is 1. The second-order valence-electron chi connectivity index (χ2n) is 6.98. The summed E-state index contributed by atoms with van der Waals surface area (Å²) in [6, 6.07) is 2.46. The van der Waals surface area contributed by atoms with Crippen molar-refractivity contribution in [3.63, 3.8) is 0 Å². The molecule has 1 aromatic rings. The first-order valence-electron chi connectivity index (χ1n) is 7.74. The molecule has 2 aliphatic rings. The average molecular weight is 353 g/mol. The molecule has 1 amide bonds. The molecular weight excluding hydrogens is 332 g/mol. The maximum atomic E-state index is 12.9. The molecule has 1 atom stereocenters. The maximum Gasteiger partial charge on any atom is 0.248 e. The number of nitrogens with zero attached hydrogens (tertiary/aromatic N) is 4. The van der Waals surface area contributed by atoms with Gasteiger partial charge in [-0.2, -0.15) is 0 Å². The van der Waals surface area contributed by atoms with Crippen LogP contribution >= 0.6 is 22.9 Å². The van der Waals surface area contributed by atoms with Crippen LogP contribution in [0.1, 0.15) is 25.6 Å². The van der Waals surface area contributed by atoms with E-state index in [9.17, 15) is 4.79 Å². The van der Waals surface area contributed by atoms with Gasteiger partial charge >= 0.3 is 0 Å². The number of thiazole rings is 1. The van der Waals surface area contributed by atoms with Crippen molar-refractivity contribution in [2.24, 2.45) is 0 Å². The van der Waals surface area contributed by atoms with Gasteiger partial charge in [0.1, 0.15) is 11.2 Å². The maximum absolute atomic E-state index is 12.9. The summed E-state index contributed by atoms with van der Waals surface area (Å²) < 4.78 is 0. The Hall–Kier alpha value is -1.29. The number of piperazine rings is 2. The molecule has 3 rings (SSSR count). The highest BCUT2D eigenvalue weighted by molar-refractivity contribution is 7.16. The molecule has 0 saturated carbocycles. The highest BCUT2D eigenvalue weighted by atomic mass is 35.5. The van der Waals surface area contributed by atoms with Gasteiger partial charge in [-0.3, -0.25) is 14.6 Å². The summed E-state index contributed by atoms with van der Waals surface area (Å²) in [5.41, 5.74) is -0.0804. The first-order valence-corrected chi connectivity index (χ1v) is 8.94. The number of fused-ring (bicyclic) bond motifs is 1. The monoisotopic (exact) mass is 352 g/mol. The van der Waals surface area contributed by atoms with E-state index in [-0.39, 0.29) is 17.4 Å². The van der Waals surface area contributed by atoms with Crippen molar-refractivity contribution in [1.29, 1.82) is 0 Å². The van der Waals surface area contributed by atoms with Gasteiger partial charge in [0.2, 0.25) is 5.91 Å². The fourth-order valence-electron chi connectivity index (χ4n) is 3.02. The lowest BCUT2D eigenvalue weighted by Crippen LogP contribution is -2.64. The van der Waals surface area contributed by atoms with Crippen LogP contribution in [0.3, 0.4) is 0 Å². The SMILES string of the molecule is C#CN1CCN2CCN(c3nc(Cl)c(C(C)(C)C)s3)C(=O)[C@H]2C1. The van der Waals surface area contributed by atoms with Crippen LogP contribution in [0.4, 0.5) is 5.13 Å². The molecule has 0 unspecified atom stereocenters. The third kappa shape index (κ3) is 3.06. The predicted octanol–water partition coefficient (Wildman–Crippen LogP) is 2.02. The summed E-state index contributed by atoms with van der Waals surface area (Å²) in [4.78, 5) is 24.2. The van der Waals surface area contributed by atoms with Crippen LogP contribution < -0.4 is 4.90 Å². The number of halogens is 1. The Morgan fingerprint density at radius 3 is 2.61 bits per heavy atom. The van der Waals surface area contributed by atoms with Crippen molar-refractivity contribution >= 4 is 34.0 Å². The Morgan fingerprint density at radius 2 is 2.00 bits per heavy atom. The fourth-order valence-corrected chi connectivity index (χ4v) is 4.59. The van der Waals surface area contributed by atoms with E-state index in [4.69, 9.17) is 18.0 Å². The molecular formula is C16H21ClN4OS. The number of carbonyl (C=O) groups is 1. The summed E-state index contributed by atoms with van der Waals surface area (Å²) in [5, 5.41) is 1.20. The van der Waals surface area contributed by atoms with Gasteiger partial charge in [-0.1, -0.05) is 50.1 Å². The molecule has 0 radical (unpaired) electrons. The number of hydrogen-bond acceptors (Lipinski definition) is 5. The summed E-state index contributed by atoms with van der Waals surface area (Å²) in [6.07, 6.45) is 5.49. The van der Waals surface area contributed by atoms with Gasteiger partial charge in [-0.15, -0.1) is 0 Å². The molecule has 0 bridgehead atoms. The molecule has 2 fully saturated rings. The van der Waals surface area contributed by atoms with E-state index in [1.165, 1.54) is 11.3 Å². The van der Waals surface area contributed by atoms with Gasteiger partial charge in [0.05, 0.1) is 11.4 Å². The first-order chi connectivity index (χ1) is 10.8. The first kappa shape index (κ1) is 16.6. The molecule has 0 spiro atoms. The summed E-state index contributed by atoms with van der Waals surface area (Å²) in [6.45, 7) is 10.0. The highest BCUT2D eigenvalue weighted by Crippen LogP contribution is 2.38. The molecule has 1 aromatic heterocycles. The van der Waals surface area contributed by atoms with E-state index in [0.29, 0.717) is 23.4 Å².